The lowest BCUT2D eigenvalue weighted by molar-refractivity contribution is 0.372. The van der Waals surface area contributed by atoms with Crippen LogP contribution in [0.15, 0.2) is 12.4 Å². The van der Waals surface area contributed by atoms with Crippen molar-refractivity contribution in [3.63, 3.8) is 0 Å². The number of aryl methyl sites for hydroxylation is 1. The summed E-state index contributed by atoms with van der Waals surface area (Å²) in [6.45, 7) is 0. The van der Waals surface area contributed by atoms with E-state index in [1.807, 2.05) is 12.4 Å². The molecule has 2 heterocycles. The Hall–Kier alpha value is -0.830. The molecule has 1 aromatic heterocycles. The van der Waals surface area contributed by atoms with Gasteiger partial charge in [0, 0.05) is 37.9 Å². The van der Waals surface area contributed by atoms with Crippen LogP contribution in [0.3, 0.4) is 0 Å². The molecule has 14 heavy (non-hydrogen) atoms. The highest BCUT2D eigenvalue weighted by atomic mass is 15.1. The third-order valence-electron chi connectivity index (χ3n) is 3.82. The normalized spacial score (nSPS) is 35.4. The Kier molecular flexibility index (Phi) is 1.87. The Labute approximate surface area is 84.5 Å². The van der Waals surface area contributed by atoms with Crippen LogP contribution in [0.5, 0.6) is 0 Å². The zero-order valence-electron chi connectivity index (χ0n) is 8.61. The predicted molar refractivity (Wildman–Crippen MR) is 55.0 cm³/mol. The molecule has 0 aromatic carbocycles. The molecule has 3 atom stereocenters. The van der Waals surface area contributed by atoms with Crippen molar-refractivity contribution in [3.05, 3.63) is 18.2 Å². The third-order valence-corrected chi connectivity index (χ3v) is 3.82. The summed E-state index contributed by atoms with van der Waals surface area (Å²) >= 11 is 0. The topological polar surface area (TPSA) is 29.9 Å². The minimum Gasteiger partial charge on any atom is -0.338 e. The molecule has 2 aliphatic rings. The van der Waals surface area contributed by atoms with Crippen molar-refractivity contribution in [1.29, 1.82) is 0 Å². The van der Waals surface area contributed by atoms with Gasteiger partial charge in [0.2, 0.25) is 0 Å². The molecule has 1 saturated carbocycles. The zero-order chi connectivity index (χ0) is 9.54. The number of fused-ring (bicyclic) bond motifs is 2. The SMILES string of the molecule is Cn1ccnc1CC1NC2CCC1C2. The Morgan fingerprint density at radius 1 is 1.57 bits per heavy atom. The Morgan fingerprint density at radius 2 is 2.50 bits per heavy atom. The molecule has 0 spiro atoms. The van der Waals surface area contributed by atoms with E-state index in [4.69, 9.17) is 0 Å². The van der Waals surface area contributed by atoms with Gasteiger partial charge in [-0.1, -0.05) is 0 Å². The van der Waals surface area contributed by atoms with Gasteiger partial charge in [-0.25, -0.2) is 4.98 Å². The molecular weight excluding hydrogens is 174 g/mol. The first-order valence-corrected chi connectivity index (χ1v) is 5.55. The fourth-order valence-electron chi connectivity index (χ4n) is 2.99. The van der Waals surface area contributed by atoms with Gasteiger partial charge in [-0.2, -0.15) is 0 Å². The Morgan fingerprint density at radius 3 is 3.07 bits per heavy atom. The van der Waals surface area contributed by atoms with Crippen molar-refractivity contribution in [2.45, 2.75) is 37.8 Å². The van der Waals surface area contributed by atoms with Crippen LogP contribution in [0.25, 0.3) is 0 Å². The fourth-order valence-corrected chi connectivity index (χ4v) is 2.99. The molecule has 1 N–H and O–H groups in total. The number of nitrogens with one attached hydrogen (secondary N) is 1. The minimum absolute atomic E-state index is 0.690. The van der Waals surface area contributed by atoms with E-state index >= 15 is 0 Å². The average Bonchev–Trinajstić information content (AvgIpc) is 2.83. The van der Waals surface area contributed by atoms with Gasteiger partial charge in [0.1, 0.15) is 5.82 Å². The van der Waals surface area contributed by atoms with Crippen LogP contribution in [0.2, 0.25) is 0 Å². The van der Waals surface area contributed by atoms with E-state index in [0.29, 0.717) is 6.04 Å². The number of piperidine rings is 1. The molecule has 1 aromatic rings. The van der Waals surface area contributed by atoms with Crippen molar-refractivity contribution in [2.75, 3.05) is 0 Å². The van der Waals surface area contributed by atoms with E-state index in [9.17, 15) is 0 Å². The van der Waals surface area contributed by atoms with E-state index in [1.165, 1.54) is 25.1 Å². The Bertz CT molecular complexity index is 331. The minimum atomic E-state index is 0.690. The van der Waals surface area contributed by atoms with Crippen LogP contribution >= 0.6 is 0 Å². The summed E-state index contributed by atoms with van der Waals surface area (Å²) in [7, 11) is 2.08. The molecule has 2 bridgehead atoms. The van der Waals surface area contributed by atoms with Gasteiger partial charge in [-0.3, -0.25) is 0 Å². The highest BCUT2D eigenvalue weighted by molar-refractivity contribution is 5.03. The van der Waals surface area contributed by atoms with Gasteiger partial charge in [-0.05, 0) is 25.2 Å². The van der Waals surface area contributed by atoms with Crippen LogP contribution in [0, 0.1) is 5.92 Å². The van der Waals surface area contributed by atoms with E-state index in [-0.39, 0.29) is 0 Å². The lowest BCUT2D eigenvalue weighted by atomic mass is 9.97. The number of rotatable bonds is 2. The summed E-state index contributed by atoms with van der Waals surface area (Å²) in [5, 5.41) is 3.70. The first-order chi connectivity index (χ1) is 6.83. The second-order valence-electron chi connectivity index (χ2n) is 4.70. The van der Waals surface area contributed by atoms with Gasteiger partial charge in [-0.15, -0.1) is 0 Å². The summed E-state index contributed by atoms with van der Waals surface area (Å²) in [4.78, 5) is 4.39. The van der Waals surface area contributed by atoms with E-state index < -0.39 is 0 Å². The monoisotopic (exact) mass is 191 g/mol. The highest BCUT2D eigenvalue weighted by Crippen LogP contribution is 2.36. The molecule has 1 aliphatic carbocycles. The number of nitrogens with zero attached hydrogens (tertiary/aromatic N) is 2. The summed E-state index contributed by atoms with van der Waals surface area (Å²) in [6.07, 6.45) is 9.24. The molecular formula is C11H17N3. The second kappa shape index (κ2) is 3.09. The van der Waals surface area contributed by atoms with Gasteiger partial charge in [0.05, 0.1) is 0 Å². The molecule has 3 heteroatoms. The maximum atomic E-state index is 4.39. The molecule has 3 rings (SSSR count). The van der Waals surface area contributed by atoms with Gasteiger partial charge in [0.15, 0.2) is 0 Å². The lowest BCUT2D eigenvalue weighted by Crippen LogP contribution is -2.37. The summed E-state index contributed by atoms with van der Waals surface area (Å²) in [6, 6.07) is 1.50. The quantitative estimate of drug-likeness (QED) is 0.758. The molecule has 76 valence electrons. The smallest absolute Gasteiger partial charge is 0.109 e. The van der Waals surface area contributed by atoms with Gasteiger partial charge in [0.25, 0.3) is 0 Å². The molecule has 0 radical (unpaired) electrons. The van der Waals surface area contributed by atoms with Crippen LogP contribution in [0.1, 0.15) is 25.1 Å². The first-order valence-electron chi connectivity index (χ1n) is 5.55. The molecule has 1 aliphatic heterocycles. The summed E-state index contributed by atoms with van der Waals surface area (Å²) in [5.74, 6) is 2.13. The maximum absolute atomic E-state index is 4.39. The molecule has 3 unspecified atom stereocenters. The summed E-state index contributed by atoms with van der Waals surface area (Å²) in [5.41, 5.74) is 0. The molecule has 1 saturated heterocycles. The highest BCUT2D eigenvalue weighted by Gasteiger charge is 2.39. The molecule has 2 fully saturated rings. The van der Waals surface area contributed by atoms with Crippen molar-refractivity contribution >= 4 is 0 Å². The number of hydrogen-bond acceptors (Lipinski definition) is 2. The van der Waals surface area contributed by atoms with Gasteiger partial charge >= 0.3 is 0 Å². The van der Waals surface area contributed by atoms with Crippen LogP contribution in [-0.2, 0) is 13.5 Å². The number of hydrogen-bond donors (Lipinski definition) is 1. The predicted octanol–water partition coefficient (Wildman–Crippen LogP) is 1.10. The van der Waals surface area contributed by atoms with Gasteiger partial charge < -0.3 is 9.88 Å². The average molecular weight is 191 g/mol. The number of imidazole rings is 1. The van der Waals surface area contributed by atoms with Crippen LogP contribution in [-0.4, -0.2) is 21.6 Å². The number of aromatic nitrogens is 2. The largest absolute Gasteiger partial charge is 0.338 e. The Balaban J connectivity index is 1.71. The zero-order valence-corrected chi connectivity index (χ0v) is 8.61. The molecule has 3 nitrogen and oxygen atoms in total. The van der Waals surface area contributed by atoms with Crippen molar-refractivity contribution < 1.29 is 0 Å². The van der Waals surface area contributed by atoms with E-state index in [2.05, 4.69) is 21.9 Å². The fraction of sp³-hybridized carbons (Fsp3) is 0.727. The van der Waals surface area contributed by atoms with E-state index in [0.717, 1.165) is 18.4 Å². The first kappa shape index (κ1) is 8.48. The third kappa shape index (κ3) is 1.27. The standard InChI is InChI=1S/C11H17N3/c1-14-5-4-12-11(14)7-10-8-2-3-9(6-8)13-10/h4-5,8-10,13H,2-3,6-7H2,1H3. The second-order valence-corrected chi connectivity index (χ2v) is 4.70. The van der Waals surface area contributed by atoms with Crippen molar-refractivity contribution in [2.24, 2.45) is 13.0 Å². The van der Waals surface area contributed by atoms with Crippen LogP contribution in [0.4, 0.5) is 0 Å². The lowest BCUT2D eigenvalue weighted by Gasteiger charge is -2.22. The van der Waals surface area contributed by atoms with E-state index in [1.54, 1.807) is 0 Å². The summed E-state index contributed by atoms with van der Waals surface area (Å²) < 4.78 is 2.13. The van der Waals surface area contributed by atoms with Crippen molar-refractivity contribution in [1.82, 2.24) is 14.9 Å². The van der Waals surface area contributed by atoms with Crippen LogP contribution < -0.4 is 5.32 Å². The molecule has 0 amide bonds. The maximum Gasteiger partial charge on any atom is 0.109 e. The van der Waals surface area contributed by atoms with Crippen molar-refractivity contribution in [3.8, 4) is 0 Å².